The van der Waals surface area contributed by atoms with Crippen LogP contribution in [0, 0.1) is 5.92 Å². The third-order valence-corrected chi connectivity index (χ3v) is 4.51. The maximum Gasteiger partial charge on any atom is 0.253 e. The number of hydrogen-bond donors (Lipinski definition) is 0. The third-order valence-electron chi connectivity index (χ3n) is 4.51. The highest BCUT2D eigenvalue weighted by molar-refractivity contribution is 5.95. The van der Waals surface area contributed by atoms with Gasteiger partial charge in [-0.15, -0.1) is 0 Å². The van der Waals surface area contributed by atoms with E-state index in [2.05, 4.69) is 0 Å². The second-order valence-electron chi connectivity index (χ2n) is 6.17. The number of rotatable bonds is 5. The van der Waals surface area contributed by atoms with Gasteiger partial charge in [0.25, 0.3) is 5.91 Å². The summed E-state index contributed by atoms with van der Waals surface area (Å²) in [6, 6.07) is 15.7. The molecular weight excluding hydrogens is 302 g/mol. The standard InChI is InChI=1S/C20H23NO3/c1-23-14-15-10-11-21(13-15)20(22)18-5-3-4-17(12-18)16-6-8-19(24-2)9-7-16/h3-9,12,15H,10-11,13-14H2,1-2H3/t15-/m1/s1. The van der Waals surface area contributed by atoms with Crippen LogP contribution in [0.1, 0.15) is 16.8 Å². The Kier molecular flexibility index (Phi) is 5.16. The molecule has 4 heteroatoms. The minimum Gasteiger partial charge on any atom is -0.497 e. The molecule has 1 aliphatic heterocycles. The van der Waals surface area contributed by atoms with Crippen molar-refractivity contribution in [3.63, 3.8) is 0 Å². The van der Waals surface area contributed by atoms with E-state index in [-0.39, 0.29) is 5.91 Å². The number of carbonyl (C=O) groups excluding carboxylic acids is 1. The van der Waals surface area contributed by atoms with E-state index in [9.17, 15) is 4.79 Å². The first-order valence-corrected chi connectivity index (χ1v) is 8.24. The summed E-state index contributed by atoms with van der Waals surface area (Å²) in [7, 11) is 3.37. The number of likely N-dealkylation sites (tertiary alicyclic amines) is 1. The lowest BCUT2D eigenvalue weighted by molar-refractivity contribution is 0.0775. The molecule has 0 aliphatic carbocycles. The van der Waals surface area contributed by atoms with Gasteiger partial charge in [-0.3, -0.25) is 4.79 Å². The number of hydrogen-bond acceptors (Lipinski definition) is 3. The van der Waals surface area contributed by atoms with Crippen LogP contribution in [-0.4, -0.2) is 44.7 Å². The molecule has 2 aromatic carbocycles. The lowest BCUT2D eigenvalue weighted by Gasteiger charge is -2.17. The fraction of sp³-hybridized carbons (Fsp3) is 0.350. The molecule has 1 amide bonds. The minimum atomic E-state index is 0.101. The molecule has 0 saturated carbocycles. The van der Waals surface area contributed by atoms with E-state index in [0.717, 1.165) is 48.6 Å². The van der Waals surface area contributed by atoms with Crippen molar-refractivity contribution >= 4 is 5.91 Å². The van der Waals surface area contributed by atoms with Crippen molar-refractivity contribution in [2.24, 2.45) is 5.92 Å². The molecule has 0 bridgehead atoms. The molecule has 126 valence electrons. The van der Waals surface area contributed by atoms with Crippen LogP contribution in [0.15, 0.2) is 48.5 Å². The van der Waals surface area contributed by atoms with Gasteiger partial charge >= 0.3 is 0 Å². The molecule has 1 aliphatic rings. The topological polar surface area (TPSA) is 38.8 Å². The van der Waals surface area contributed by atoms with Gasteiger partial charge in [-0.25, -0.2) is 0 Å². The summed E-state index contributed by atoms with van der Waals surface area (Å²) in [6.07, 6.45) is 1.01. The number of benzene rings is 2. The van der Waals surface area contributed by atoms with Crippen molar-refractivity contribution in [3.05, 3.63) is 54.1 Å². The Labute approximate surface area is 143 Å². The number of nitrogens with zero attached hydrogens (tertiary/aromatic N) is 1. The van der Waals surface area contributed by atoms with Gasteiger partial charge < -0.3 is 14.4 Å². The fourth-order valence-corrected chi connectivity index (χ4v) is 3.19. The van der Waals surface area contributed by atoms with E-state index >= 15 is 0 Å². The van der Waals surface area contributed by atoms with Gasteiger partial charge in [-0.2, -0.15) is 0 Å². The van der Waals surface area contributed by atoms with Gasteiger partial charge in [0.05, 0.1) is 13.7 Å². The Morgan fingerprint density at radius 2 is 1.92 bits per heavy atom. The summed E-state index contributed by atoms with van der Waals surface area (Å²) in [6.45, 7) is 2.30. The molecule has 0 unspecified atom stereocenters. The van der Waals surface area contributed by atoms with E-state index in [1.54, 1.807) is 14.2 Å². The molecule has 24 heavy (non-hydrogen) atoms. The van der Waals surface area contributed by atoms with Gasteiger partial charge in [0.1, 0.15) is 5.75 Å². The van der Waals surface area contributed by atoms with Crippen molar-refractivity contribution in [1.82, 2.24) is 4.90 Å². The largest absolute Gasteiger partial charge is 0.497 e. The summed E-state index contributed by atoms with van der Waals surface area (Å²) in [5.74, 6) is 1.37. The zero-order valence-electron chi connectivity index (χ0n) is 14.2. The Balaban J connectivity index is 1.76. The van der Waals surface area contributed by atoms with Crippen molar-refractivity contribution in [1.29, 1.82) is 0 Å². The van der Waals surface area contributed by atoms with Crippen LogP contribution in [0.2, 0.25) is 0 Å². The average molecular weight is 325 g/mol. The van der Waals surface area contributed by atoms with Crippen LogP contribution in [0.5, 0.6) is 5.75 Å². The Morgan fingerprint density at radius 3 is 2.62 bits per heavy atom. The summed E-state index contributed by atoms with van der Waals surface area (Å²) in [5.41, 5.74) is 2.85. The van der Waals surface area contributed by atoms with Gasteiger partial charge in [-0.05, 0) is 41.8 Å². The van der Waals surface area contributed by atoms with Gasteiger partial charge in [0, 0.05) is 31.7 Å². The fourth-order valence-electron chi connectivity index (χ4n) is 3.19. The third kappa shape index (κ3) is 3.60. The number of methoxy groups -OCH3 is 2. The van der Waals surface area contributed by atoms with Crippen molar-refractivity contribution < 1.29 is 14.3 Å². The molecule has 0 spiro atoms. The zero-order valence-corrected chi connectivity index (χ0v) is 14.2. The lowest BCUT2D eigenvalue weighted by Crippen LogP contribution is -2.29. The lowest BCUT2D eigenvalue weighted by atomic mass is 10.0. The van der Waals surface area contributed by atoms with Crippen LogP contribution < -0.4 is 4.74 Å². The Hall–Kier alpha value is -2.33. The molecule has 0 N–H and O–H groups in total. The molecule has 4 nitrogen and oxygen atoms in total. The first kappa shape index (κ1) is 16.5. The van der Waals surface area contributed by atoms with Crippen LogP contribution in [0.3, 0.4) is 0 Å². The zero-order chi connectivity index (χ0) is 16.9. The summed E-state index contributed by atoms with van der Waals surface area (Å²) in [4.78, 5) is 14.7. The Bertz CT molecular complexity index is 696. The maximum absolute atomic E-state index is 12.7. The van der Waals surface area contributed by atoms with Crippen LogP contribution in [0.25, 0.3) is 11.1 Å². The van der Waals surface area contributed by atoms with Crippen LogP contribution in [-0.2, 0) is 4.74 Å². The molecule has 1 heterocycles. The highest BCUT2D eigenvalue weighted by atomic mass is 16.5. The minimum absolute atomic E-state index is 0.101. The van der Waals surface area contributed by atoms with Crippen molar-refractivity contribution in [3.8, 4) is 16.9 Å². The SMILES string of the molecule is COC[C@@H]1CCN(C(=O)c2cccc(-c3ccc(OC)cc3)c2)C1. The maximum atomic E-state index is 12.7. The molecule has 0 radical (unpaired) electrons. The molecule has 1 atom stereocenters. The summed E-state index contributed by atoms with van der Waals surface area (Å²) in [5, 5.41) is 0. The van der Waals surface area contributed by atoms with Crippen LogP contribution >= 0.6 is 0 Å². The van der Waals surface area contributed by atoms with E-state index in [4.69, 9.17) is 9.47 Å². The average Bonchev–Trinajstić information content (AvgIpc) is 3.10. The van der Waals surface area contributed by atoms with Gasteiger partial charge in [0.2, 0.25) is 0 Å². The predicted molar refractivity (Wildman–Crippen MR) is 94.3 cm³/mol. The molecule has 3 rings (SSSR count). The molecular formula is C20H23NO3. The monoisotopic (exact) mass is 325 g/mol. The van der Waals surface area contributed by atoms with E-state index in [1.807, 2.05) is 53.4 Å². The number of amides is 1. The number of ether oxygens (including phenoxy) is 2. The number of carbonyl (C=O) groups is 1. The molecule has 0 aromatic heterocycles. The molecule has 2 aromatic rings. The predicted octanol–water partition coefficient (Wildman–Crippen LogP) is 3.47. The summed E-state index contributed by atoms with van der Waals surface area (Å²) >= 11 is 0. The normalized spacial score (nSPS) is 17.1. The van der Waals surface area contributed by atoms with E-state index in [0.29, 0.717) is 5.92 Å². The van der Waals surface area contributed by atoms with Gasteiger partial charge in [0.15, 0.2) is 0 Å². The molecule has 1 fully saturated rings. The smallest absolute Gasteiger partial charge is 0.253 e. The first-order chi connectivity index (χ1) is 11.7. The van der Waals surface area contributed by atoms with E-state index in [1.165, 1.54) is 0 Å². The second-order valence-corrected chi connectivity index (χ2v) is 6.17. The highest BCUT2D eigenvalue weighted by Crippen LogP contribution is 2.25. The first-order valence-electron chi connectivity index (χ1n) is 8.24. The molecule has 1 saturated heterocycles. The Morgan fingerprint density at radius 1 is 1.12 bits per heavy atom. The van der Waals surface area contributed by atoms with Crippen LogP contribution in [0.4, 0.5) is 0 Å². The van der Waals surface area contributed by atoms with Gasteiger partial charge in [-0.1, -0.05) is 24.3 Å². The van der Waals surface area contributed by atoms with Crippen molar-refractivity contribution in [2.75, 3.05) is 33.9 Å². The quantitative estimate of drug-likeness (QED) is 0.845. The highest BCUT2D eigenvalue weighted by Gasteiger charge is 2.26. The van der Waals surface area contributed by atoms with Crippen molar-refractivity contribution in [2.45, 2.75) is 6.42 Å². The van der Waals surface area contributed by atoms with E-state index < -0.39 is 0 Å². The summed E-state index contributed by atoms with van der Waals surface area (Å²) < 4.78 is 10.4. The second kappa shape index (κ2) is 7.49.